The monoisotopic (exact) mass is 431 g/mol. The number of aryl methyl sites for hydroxylation is 1. The van der Waals surface area contributed by atoms with Crippen molar-refractivity contribution >= 4 is 5.96 Å². The molecule has 6 heteroatoms. The van der Waals surface area contributed by atoms with E-state index in [2.05, 4.69) is 63.5 Å². The fourth-order valence-corrected chi connectivity index (χ4v) is 4.43. The van der Waals surface area contributed by atoms with Crippen LogP contribution in [-0.4, -0.2) is 51.1 Å². The molecular formula is C25H41N3O3. The van der Waals surface area contributed by atoms with Crippen LogP contribution in [0, 0.1) is 18.3 Å². The van der Waals surface area contributed by atoms with E-state index in [1.807, 2.05) is 0 Å². The second-order valence-corrected chi connectivity index (χ2v) is 9.85. The second-order valence-electron chi connectivity index (χ2n) is 9.85. The Morgan fingerprint density at radius 1 is 1.19 bits per heavy atom. The van der Waals surface area contributed by atoms with Crippen LogP contribution < -0.4 is 15.4 Å². The first-order valence-corrected chi connectivity index (χ1v) is 11.8. The maximum Gasteiger partial charge on any atom is 0.191 e. The Morgan fingerprint density at radius 2 is 2.03 bits per heavy atom. The van der Waals surface area contributed by atoms with Gasteiger partial charge >= 0.3 is 0 Å². The molecule has 0 aromatic heterocycles. The van der Waals surface area contributed by atoms with Gasteiger partial charge in [0.1, 0.15) is 11.9 Å². The van der Waals surface area contributed by atoms with Crippen molar-refractivity contribution in [2.24, 2.45) is 16.3 Å². The van der Waals surface area contributed by atoms with Crippen LogP contribution in [-0.2, 0) is 16.0 Å². The molecule has 0 bridgehead atoms. The predicted octanol–water partition coefficient (Wildman–Crippen LogP) is 4.06. The standard InChI is InChI=1S/C25H41N3O3/c1-6-26-24(28-16-20-8-7-12-30-23(20)25(3,4)5)27-15-19-10-9-18(2)14-22(19)31-21-11-13-29-17-21/h9-10,14,20-21,23H,6-8,11-13,15-17H2,1-5H3,(H2,26,27,28). The van der Waals surface area contributed by atoms with Crippen LogP contribution in [0.2, 0.25) is 0 Å². The second kappa shape index (κ2) is 11.2. The van der Waals surface area contributed by atoms with Gasteiger partial charge in [-0.2, -0.15) is 0 Å². The lowest BCUT2D eigenvalue weighted by Gasteiger charge is -2.40. The molecule has 3 rings (SSSR count). The van der Waals surface area contributed by atoms with E-state index in [9.17, 15) is 0 Å². The molecule has 1 aromatic carbocycles. The number of nitrogens with one attached hydrogen (secondary N) is 2. The summed E-state index contributed by atoms with van der Waals surface area (Å²) in [6, 6.07) is 6.35. The van der Waals surface area contributed by atoms with Crippen molar-refractivity contribution < 1.29 is 14.2 Å². The fraction of sp³-hybridized carbons (Fsp3) is 0.720. The highest BCUT2D eigenvalue weighted by atomic mass is 16.5. The maximum absolute atomic E-state index is 6.23. The molecule has 0 spiro atoms. The predicted molar refractivity (Wildman–Crippen MR) is 126 cm³/mol. The summed E-state index contributed by atoms with van der Waals surface area (Å²) in [5.74, 6) is 2.25. The van der Waals surface area contributed by atoms with Gasteiger partial charge in [-0.1, -0.05) is 32.9 Å². The van der Waals surface area contributed by atoms with Crippen molar-refractivity contribution in [2.45, 2.75) is 72.6 Å². The number of hydrogen-bond acceptors (Lipinski definition) is 4. The Hall–Kier alpha value is -1.79. The van der Waals surface area contributed by atoms with Crippen molar-refractivity contribution in [3.05, 3.63) is 29.3 Å². The molecule has 0 saturated carbocycles. The number of ether oxygens (including phenoxy) is 3. The van der Waals surface area contributed by atoms with Gasteiger partial charge in [-0.15, -0.1) is 0 Å². The third-order valence-electron chi connectivity index (χ3n) is 5.99. The van der Waals surface area contributed by atoms with Gasteiger partial charge in [0.15, 0.2) is 5.96 Å². The first-order valence-electron chi connectivity index (χ1n) is 11.8. The zero-order valence-corrected chi connectivity index (χ0v) is 20.0. The van der Waals surface area contributed by atoms with E-state index in [1.165, 1.54) is 12.0 Å². The largest absolute Gasteiger partial charge is 0.488 e. The van der Waals surface area contributed by atoms with E-state index in [0.29, 0.717) is 19.1 Å². The lowest BCUT2D eigenvalue weighted by Crippen LogP contribution is -2.47. The van der Waals surface area contributed by atoms with Crippen molar-refractivity contribution in [1.82, 2.24) is 10.6 Å². The minimum absolute atomic E-state index is 0.136. The summed E-state index contributed by atoms with van der Waals surface area (Å²) in [4.78, 5) is 4.86. The fourth-order valence-electron chi connectivity index (χ4n) is 4.43. The SMILES string of the molecule is CCNC(=NCc1ccc(C)cc1OC1CCOC1)NCC1CCCOC1C(C)(C)C. The summed E-state index contributed by atoms with van der Waals surface area (Å²) in [7, 11) is 0. The molecule has 0 radical (unpaired) electrons. The summed E-state index contributed by atoms with van der Waals surface area (Å²) < 4.78 is 17.8. The number of hydrogen-bond donors (Lipinski definition) is 2. The minimum atomic E-state index is 0.136. The van der Waals surface area contributed by atoms with Gasteiger partial charge in [0.05, 0.1) is 25.9 Å². The lowest BCUT2D eigenvalue weighted by atomic mass is 9.78. The van der Waals surface area contributed by atoms with E-state index in [-0.39, 0.29) is 17.6 Å². The lowest BCUT2D eigenvalue weighted by molar-refractivity contribution is -0.0835. The van der Waals surface area contributed by atoms with Crippen LogP contribution >= 0.6 is 0 Å². The summed E-state index contributed by atoms with van der Waals surface area (Å²) >= 11 is 0. The number of aliphatic imine (C=N–C) groups is 1. The molecule has 6 nitrogen and oxygen atoms in total. The first-order chi connectivity index (χ1) is 14.9. The summed E-state index contributed by atoms with van der Waals surface area (Å²) in [5, 5.41) is 6.95. The molecular weight excluding hydrogens is 390 g/mol. The third kappa shape index (κ3) is 7.11. The molecule has 0 aliphatic carbocycles. The number of nitrogens with zero attached hydrogens (tertiary/aromatic N) is 1. The molecule has 2 saturated heterocycles. The Balaban J connectivity index is 1.65. The normalized spacial score (nSPS) is 24.8. The van der Waals surface area contributed by atoms with Gasteiger partial charge in [-0.3, -0.25) is 0 Å². The molecule has 2 aliphatic heterocycles. The van der Waals surface area contributed by atoms with Crippen LogP contribution in [0.3, 0.4) is 0 Å². The zero-order chi connectivity index (χ0) is 22.3. The molecule has 2 fully saturated rings. The van der Waals surface area contributed by atoms with E-state index in [0.717, 1.165) is 56.4 Å². The van der Waals surface area contributed by atoms with E-state index >= 15 is 0 Å². The third-order valence-corrected chi connectivity index (χ3v) is 5.99. The van der Waals surface area contributed by atoms with Crippen molar-refractivity contribution in [3.63, 3.8) is 0 Å². The van der Waals surface area contributed by atoms with Crippen molar-refractivity contribution in [2.75, 3.05) is 32.9 Å². The van der Waals surface area contributed by atoms with Crippen LogP contribution in [0.1, 0.15) is 58.1 Å². The first kappa shape index (κ1) is 23.9. The van der Waals surface area contributed by atoms with Crippen LogP contribution in [0.25, 0.3) is 0 Å². The van der Waals surface area contributed by atoms with Crippen LogP contribution in [0.4, 0.5) is 0 Å². The van der Waals surface area contributed by atoms with Gasteiger partial charge in [-0.05, 0) is 43.7 Å². The van der Waals surface area contributed by atoms with Crippen LogP contribution in [0.15, 0.2) is 23.2 Å². The minimum Gasteiger partial charge on any atom is -0.488 e. The Kier molecular flexibility index (Phi) is 8.61. The number of guanidine groups is 1. The highest BCUT2D eigenvalue weighted by Crippen LogP contribution is 2.33. The molecule has 3 atom stereocenters. The zero-order valence-electron chi connectivity index (χ0n) is 20.0. The molecule has 0 amide bonds. The Morgan fingerprint density at radius 3 is 2.74 bits per heavy atom. The average Bonchev–Trinajstić information content (AvgIpc) is 3.24. The van der Waals surface area contributed by atoms with E-state index in [4.69, 9.17) is 19.2 Å². The van der Waals surface area contributed by atoms with E-state index in [1.54, 1.807) is 0 Å². The highest BCUT2D eigenvalue weighted by molar-refractivity contribution is 5.79. The maximum atomic E-state index is 6.23. The van der Waals surface area contributed by atoms with E-state index < -0.39 is 0 Å². The molecule has 2 N–H and O–H groups in total. The van der Waals surface area contributed by atoms with Crippen LogP contribution in [0.5, 0.6) is 5.75 Å². The van der Waals surface area contributed by atoms with Crippen molar-refractivity contribution in [3.8, 4) is 5.75 Å². The smallest absolute Gasteiger partial charge is 0.191 e. The molecule has 2 aliphatic rings. The number of rotatable bonds is 7. The van der Waals surface area contributed by atoms with Gasteiger partial charge in [0.25, 0.3) is 0 Å². The molecule has 1 aromatic rings. The van der Waals surface area contributed by atoms with Gasteiger partial charge in [-0.25, -0.2) is 4.99 Å². The molecule has 31 heavy (non-hydrogen) atoms. The quantitative estimate of drug-likeness (QED) is 0.504. The average molecular weight is 432 g/mol. The topological polar surface area (TPSA) is 64.1 Å². The van der Waals surface area contributed by atoms with Gasteiger partial charge in [0.2, 0.25) is 0 Å². The van der Waals surface area contributed by atoms with Gasteiger partial charge in [0, 0.05) is 37.6 Å². The molecule has 174 valence electrons. The van der Waals surface area contributed by atoms with Gasteiger partial charge < -0.3 is 24.8 Å². The molecule has 2 heterocycles. The summed E-state index contributed by atoms with van der Waals surface area (Å²) in [6.07, 6.45) is 3.66. The Labute approximate surface area is 188 Å². The highest BCUT2D eigenvalue weighted by Gasteiger charge is 2.35. The summed E-state index contributed by atoms with van der Waals surface area (Å²) in [5.41, 5.74) is 2.43. The Bertz CT molecular complexity index is 723. The number of benzene rings is 1. The molecule has 3 unspecified atom stereocenters. The summed E-state index contributed by atoms with van der Waals surface area (Å²) in [6.45, 7) is 15.6. The van der Waals surface area contributed by atoms with Crippen molar-refractivity contribution in [1.29, 1.82) is 0 Å².